The third-order valence-electron chi connectivity index (χ3n) is 3.50. The predicted molar refractivity (Wildman–Crippen MR) is 73.9 cm³/mol. The van der Waals surface area contributed by atoms with E-state index in [2.05, 4.69) is 5.32 Å². The number of benzene rings is 1. The molecule has 1 fully saturated rings. The molecule has 1 aliphatic rings. The van der Waals surface area contributed by atoms with E-state index in [1.807, 2.05) is 0 Å². The van der Waals surface area contributed by atoms with Gasteiger partial charge in [0.05, 0.1) is 11.0 Å². The Balaban J connectivity index is 2.20. The van der Waals surface area contributed by atoms with Gasteiger partial charge in [-0.1, -0.05) is 0 Å². The van der Waals surface area contributed by atoms with Crippen LogP contribution in [0.1, 0.15) is 6.42 Å². The van der Waals surface area contributed by atoms with Gasteiger partial charge in [0.25, 0.3) is 0 Å². The largest absolute Gasteiger partial charge is 0.471 e. The summed E-state index contributed by atoms with van der Waals surface area (Å²) in [6.45, 7) is -0.681. The SMILES string of the molecule is O=C(Nc1ccc(F)c([N+](=O)[O-])c1)[C@H]1C[C@H](O)CN1C(=O)C(F)(F)F. The number of hydrogen-bond acceptors (Lipinski definition) is 5. The average Bonchev–Trinajstić information content (AvgIpc) is 2.89. The molecule has 1 saturated heterocycles. The van der Waals surface area contributed by atoms with E-state index in [4.69, 9.17) is 0 Å². The van der Waals surface area contributed by atoms with Gasteiger partial charge in [-0.25, -0.2) is 0 Å². The van der Waals surface area contributed by atoms with Crippen LogP contribution >= 0.6 is 0 Å². The molecule has 1 heterocycles. The van der Waals surface area contributed by atoms with Gasteiger partial charge in [0.2, 0.25) is 11.7 Å². The average molecular weight is 365 g/mol. The molecule has 136 valence electrons. The van der Waals surface area contributed by atoms with E-state index in [1.165, 1.54) is 0 Å². The Bertz CT molecular complexity index is 724. The number of hydrogen-bond donors (Lipinski definition) is 2. The second kappa shape index (κ2) is 6.63. The van der Waals surface area contributed by atoms with Crippen LogP contribution in [0.4, 0.5) is 28.9 Å². The van der Waals surface area contributed by atoms with Gasteiger partial charge < -0.3 is 15.3 Å². The summed E-state index contributed by atoms with van der Waals surface area (Å²) in [5.41, 5.74) is -1.17. The van der Waals surface area contributed by atoms with Crippen molar-refractivity contribution in [2.75, 3.05) is 11.9 Å². The molecule has 2 amide bonds. The summed E-state index contributed by atoms with van der Waals surface area (Å²) in [5.74, 6) is -4.53. The molecule has 0 unspecified atom stereocenters. The van der Waals surface area contributed by atoms with Crippen molar-refractivity contribution < 1.29 is 37.2 Å². The fourth-order valence-electron chi connectivity index (χ4n) is 2.41. The van der Waals surface area contributed by atoms with Crippen molar-refractivity contribution in [1.29, 1.82) is 0 Å². The minimum Gasteiger partial charge on any atom is -0.391 e. The summed E-state index contributed by atoms with van der Waals surface area (Å²) in [5, 5.41) is 22.2. The number of amides is 2. The first-order valence-corrected chi connectivity index (χ1v) is 6.81. The standard InChI is InChI=1S/C13H11F4N3O5/c14-8-2-1-6(3-9(8)20(24)25)18-11(22)10-4-7(21)5-19(10)12(23)13(15,16)17/h1-3,7,10,21H,4-5H2,(H,18,22)/t7-,10+/m0/s1. The lowest BCUT2D eigenvalue weighted by molar-refractivity contribution is -0.387. The molecule has 0 spiro atoms. The number of likely N-dealkylation sites (tertiary alicyclic amines) is 1. The number of nitrogens with one attached hydrogen (secondary N) is 1. The van der Waals surface area contributed by atoms with Gasteiger partial charge >= 0.3 is 17.8 Å². The van der Waals surface area contributed by atoms with Gasteiger partial charge in [0.15, 0.2) is 0 Å². The first-order chi connectivity index (χ1) is 11.5. The highest BCUT2D eigenvalue weighted by molar-refractivity contribution is 5.98. The number of alkyl halides is 3. The molecule has 0 bridgehead atoms. The van der Waals surface area contributed by atoms with Crippen molar-refractivity contribution in [2.45, 2.75) is 24.7 Å². The molecule has 0 saturated carbocycles. The molecular weight excluding hydrogens is 354 g/mol. The predicted octanol–water partition coefficient (Wildman–Crippen LogP) is 1.20. The van der Waals surface area contributed by atoms with Crippen molar-refractivity contribution in [3.63, 3.8) is 0 Å². The van der Waals surface area contributed by atoms with Gasteiger partial charge in [0.1, 0.15) is 6.04 Å². The Morgan fingerprint density at radius 1 is 1.36 bits per heavy atom. The summed E-state index contributed by atoms with van der Waals surface area (Å²) in [6, 6.07) is 0.750. The number of β-amino-alcohol motifs (C(OH)–C–C–N with tert-alkyl or cyclic N) is 1. The third kappa shape index (κ3) is 4.02. The molecule has 12 heteroatoms. The number of nitro groups is 1. The number of nitrogens with zero attached hydrogens (tertiary/aromatic N) is 2. The zero-order valence-electron chi connectivity index (χ0n) is 12.3. The maximum absolute atomic E-state index is 13.2. The van der Waals surface area contributed by atoms with Gasteiger partial charge in [-0.05, 0) is 12.1 Å². The number of anilines is 1. The van der Waals surface area contributed by atoms with Crippen LogP contribution in [0.2, 0.25) is 0 Å². The monoisotopic (exact) mass is 365 g/mol. The summed E-state index contributed by atoms with van der Waals surface area (Å²) in [4.78, 5) is 33.3. The first kappa shape index (κ1) is 18.6. The lowest BCUT2D eigenvalue weighted by Crippen LogP contribution is -2.48. The minimum absolute atomic E-state index is 0.179. The molecule has 2 rings (SSSR count). The molecule has 2 atom stereocenters. The van der Waals surface area contributed by atoms with Crippen LogP contribution < -0.4 is 5.32 Å². The van der Waals surface area contributed by atoms with E-state index in [0.29, 0.717) is 12.1 Å². The normalized spacial score (nSPS) is 20.4. The summed E-state index contributed by atoms with van der Waals surface area (Å²) >= 11 is 0. The van der Waals surface area contributed by atoms with Gasteiger partial charge in [-0.3, -0.25) is 19.7 Å². The van der Waals surface area contributed by atoms with Crippen molar-refractivity contribution in [2.24, 2.45) is 0 Å². The fraction of sp³-hybridized carbons (Fsp3) is 0.385. The number of nitro benzene ring substituents is 1. The highest BCUT2D eigenvalue weighted by atomic mass is 19.4. The summed E-state index contributed by atoms with van der Waals surface area (Å²) in [7, 11) is 0. The second-order valence-electron chi connectivity index (χ2n) is 5.27. The van der Waals surface area contributed by atoms with Crippen LogP contribution in [0.5, 0.6) is 0 Å². The molecule has 1 aromatic rings. The van der Waals surface area contributed by atoms with E-state index >= 15 is 0 Å². The molecule has 0 aromatic heterocycles. The van der Waals surface area contributed by atoms with Crippen LogP contribution in [0, 0.1) is 15.9 Å². The first-order valence-electron chi connectivity index (χ1n) is 6.81. The number of halogens is 4. The van der Waals surface area contributed by atoms with E-state index in [0.717, 1.165) is 6.07 Å². The fourth-order valence-corrected chi connectivity index (χ4v) is 2.41. The zero-order valence-corrected chi connectivity index (χ0v) is 12.3. The van der Waals surface area contributed by atoms with E-state index in [9.17, 15) is 42.4 Å². The smallest absolute Gasteiger partial charge is 0.391 e. The quantitative estimate of drug-likeness (QED) is 0.475. The highest BCUT2D eigenvalue weighted by Gasteiger charge is 2.49. The number of rotatable bonds is 3. The molecule has 1 aliphatic heterocycles. The van der Waals surface area contributed by atoms with Crippen LogP contribution in [0.15, 0.2) is 18.2 Å². The third-order valence-corrected chi connectivity index (χ3v) is 3.50. The molecule has 25 heavy (non-hydrogen) atoms. The maximum Gasteiger partial charge on any atom is 0.471 e. The summed E-state index contributed by atoms with van der Waals surface area (Å²) in [6.07, 6.45) is -6.99. The minimum atomic E-state index is -5.22. The van der Waals surface area contributed by atoms with Gasteiger partial charge in [-0.2, -0.15) is 17.6 Å². The van der Waals surface area contributed by atoms with Crippen molar-refractivity contribution >= 4 is 23.2 Å². The van der Waals surface area contributed by atoms with Crippen molar-refractivity contribution in [3.05, 3.63) is 34.1 Å². The van der Waals surface area contributed by atoms with Crippen molar-refractivity contribution in [1.82, 2.24) is 4.90 Å². The van der Waals surface area contributed by atoms with Crippen LogP contribution in [0.25, 0.3) is 0 Å². The molecule has 0 aliphatic carbocycles. The van der Waals surface area contributed by atoms with E-state index < -0.39 is 59.5 Å². The van der Waals surface area contributed by atoms with Crippen LogP contribution in [0.3, 0.4) is 0 Å². The number of aliphatic hydroxyl groups excluding tert-OH is 1. The topological polar surface area (TPSA) is 113 Å². The molecule has 0 radical (unpaired) electrons. The van der Waals surface area contributed by atoms with Crippen LogP contribution in [-0.4, -0.2) is 51.6 Å². The molecular formula is C13H11F4N3O5. The number of aliphatic hydroxyl groups is 1. The molecule has 1 aromatic carbocycles. The Hall–Kier alpha value is -2.76. The van der Waals surface area contributed by atoms with Gasteiger partial charge in [-0.15, -0.1) is 0 Å². The Labute approximate surface area is 137 Å². The van der Waals surface area contributed by atoms with Crippen LogP contribution in [-0.2, 0) is 9.59 Å². The lowest BCUT2D eigenvalue weighted by atomic mass is 10.1. The van der Waals surface area contributed by atoms with E-state index in [-0.39, 0.29) is 10.6 Å². The van der Waals surface area contributed by atoms with Crippen molar-refractivity contribution in [3.8, 4) is 0 Å². The molecule has 8 nitrogen and oxygen atoms in total. The lowest BCUT2D eigenvalue weighted by Gasteiger charge is -2.24. The Morgan fingerprint density at radius 3 is 2.56 bits per heavy atom. The number of carbonyl (C=O) groups is 2. The van der Waals surface area contributed by atoms with Gasteiger partial charge in [0, 0.05) is 24.7 Å². The Morgan fingerprint density at radius 2 is 2.00 bits per heavy atom. The second-order valence-corrected chi connectivity index (χ2v) is 5.27. The highest BCUT2D eigenvalue weighted by Crippen LogP contribution is 2.27. The summed E-state index contributed by atoms with van der Waals surface area (Å²) < 4.78 is 50.9. The number of carbonyl (C=O) groups excluding carboxylic acids is 2. The molecule has 2 N–H and O–H groups in total. The Kier molecular flexibility index (Phi) is 4.92. The zero-order chi connectivity index (χ0) is 18.9. The van der Waals surface area contributed by atoms with E-state index in [1.54, 1.807) is 0 Å². The maximum atomic E-state index is 13.2.